The van der Waals surface area contributed by atoms with Gasteiger partial charge in [0.05, 0.1) is 11.7 Å². The maximum atomic E-state index is 13.8. The Labute approximate surface area is 167 Å². The number of carbonyl (C=O) groups excluding carboxylic acids is 1. The third-order valence-electron chi connectivity index (χ3n) is 4.79. The molecule has 1 saturated heterocycles. The number of ether oxygens (including phenoxy) is 1. The Hall–Kier alpha value is -3.42. The lowest BCUT2D eigenvalue weighted by Crippen LogP contribution is -2.35. The Bertz CT molecular complexity index is 990. The Morgan fingerprint density at radius 2 is 2.07 bits per heavy atom. The van der Waals surface area contributed by atoms with Crippen LogP contribution >= 0.6 is 0 Å². The van der Waals surface area contributed by atoms with Crippen LogP contribution in [0.25, 0.3) is 0 Å². The van der Waals surface area contributed by atoms with Crippen molar-refractivity contribution in [2.75, 3.05) is 11.9 Å². The molecule has 7 nitrogen and oxygen atoms in total. The number of para-hydroxylation sites is 1. The molecule has 150 valence electrons. The summed E-state index contributed by atoms with van der Waals surface area (Å²) in [6.45, 7) is 2.68. The van der Waals surface area contributed by atoms with Crippen LogP contribution in [0.4, 0.5) is 14.9 Å². The summed E-state index contributed by atoms with van der Waals surface area (Å²) < 4.78 is 24.8. The van der Waals surface area contributed by atoms with Crippen LogP contribution in [0, 0.1) is 12.7 Å². The molecule has 2 aromatic carbocycles. The summed E-state index contributed by atoms with van der Waals surface area (Å²) in [7, 11) is 0. The van der Waals surface area contributed by atoms with Gasteiger partial charge in [-0.3, -0.25) is 0 Å². The summed E-state index contributed by atoms with van der Waals surface area (Å²) in [6.07, 6.45) is 1.52. The highest BCUT2D eigenvalue weighted by Crippen LogP contribution is 2.31. The van der Waals surface area contributed by atoms with Gasteiger partial charge in [0.15, 0.2) is 12.4 Å². The number of hydrogen-bond donors (Lipinski definition) is 1. The van der Waals surface area contributed by atoms with E-state index < -0.39 is 5.82 Å². The van der Waals surface area contributed by atoms with Gasteiger partial charge in [0, 0.05) is 6.54 Å². The first-order chi connectivity index (χ1) is 14.1. The number of nitrogens with zero attached hydrogens (tertiary/aromatic N) is 3. The number of likely N-dealkylation sites (tertiary alicyclic amines) is 1. The van der Waals surface area contributed by atoms with Crippen LogP contribution in [0.5, 0.6) is 5.75 Å². The predicted molar refractivity (Wildman–Crippen MR) is 104 cm³/mol. The van der Waals surface area contributed by atoms with Crippen LogP contribution < -0.4 is 10.1 Å². The van der Waals surface area contributed by atoms with Gasteiger partial charge in [0.1, 0.15) is 11.6 Å². The van der Waals surface area contributed by atoms with E-state index in [4.69, 9.17) is 9.26 Å². The number of rotatable bonds is 5. The molecule has 1 aliphatic heterocycles. The highest BCUT2D eigenvalue weighted by molar-refractivity contribution is 5.89. The molecule has 0 aliphatic carbocycles. The Morgan fingerprint density at radius 3 is 2.86 bits per heavy atom. The molecule has 1 atom stereocenters. The largest absolute Gasteiger partial charge is 0.484 e. The van der Waals surface area contributed by atoms with Gasteiger partial charge in [0.2, 0.25) is 0 Å². The molecule has 4 rings (SSSR count). The first-order valence-corrected chi connectivity index (χ1v) is 9.44. The number of amides is 2. The minimum atomic E-state index is -0.480. The fourth-order valence-electron chi connectivity index (χ4n) is 3.27. The second-order valence-corrected chi connectivity index (χ2v) is 6.91. The van der Waals surface area contributed by atoms with Gasteiger partial charge in [-0.15, -0.1) is 0 Å². The molecular formula is C21H21FN4O3. The first-order valence-electron chi connectivity index (χ1n) is 9.44. The molecular weight excluding hydrogens is 375 g/mol. The summed E-state index contributed by atoms with van der Waals surface area (Å²) in [5, 5.41) is 6.63. The number of benzene rings is 2. The lowest BCUT2D eigenvalue weighted by molar-refractivity contribution is 0.203. The van der Waals surface area contributed by atoms with Crippen molar-refractivity contribution in [3.63, 3.8) is 0 Å². The van der Waals surface area contributed by atoms with E-state index in [0.29, 0.717) is 30.4 Å². The smallest absolute Gasteiger partial charge is 0.322 e. The van der Waals surface area contributed by atoms with Gasteiger partial charge >= 0.3 is 6.03 Å². The number of anilines is 1. The minimum absolute atomic E-state index is 0.142. The standard InChI is InChI=1S/C21H21FN4O3/c1-14-8-10-15(11-9-14)28-13-19-24-20(25-29-19)18-7-4-12-26(18)21(27)23-17-6-3-2-5-16(17)22/h2-3,5-6,8-11,18H,4,7,12-13H2,1H3,(H,23,27). The number of carbonyl (C=O) groups is 1. The summed E-state index contributed by atoms with van der Waals surface area (Å²) in [5.74, 6) is 0.990. The van der Waals surface area contributed by atoms with Crippen molar-refractivity contribution < 1.29 is 18.4 Å². The zero-order valence-corrected chi connectivity index (χ0v) is 16.0. The maximum Gasteiger partial charge on any atom is 0.322 e. The zero-order valence-electron chi connectivity index (χ0n) is 16.0. The molecule has 0 radical (unpaired) electrons. The molecule has 1 N–H and O–H groups in total. The zero-order chi connectivity index (χ0) is 20.2. The minimum Gasteiger partial charge on any atom is -0.484 e. The summed E-state index contributed by atoms with van der Waals surface area (Å²) in [6, 6.07) is 13.0. The average Bonchev–Trinajstić information content (AvgIpc) is 3.38. The van der Waals surface area contributed by atoms with Crippen molar-refractivity contribution in [1.29, 1.82) is 0 Å². The highest BCUT2D eigenvalue weighted by Gasteiger charge is 2.33. The molecule has 0 bridgehead atoms. The highest BCUT2D eigenvalue weighted by atomic mass is 19.1. The summed E-state index contributed by atoms with van der Waals surface area (Å²) in [5.41, 5.74) is 1.29. The Balaban J connectivity index is 1.40. The maximum absolute atomic E-state index is 13.8. The predicted octanol–water partition coefficient (Wildman–Crippen LogP) is 4.47. The fraction of sp³-hybridized carbons (Fsp3) is 0.286. The number of halogens is 1. The molecule has 2 heterocycles. The van der Waals surface area contributed by atoms with Gasteiger partial charge in [-0.1, -0.05) is 35.0 Å². The number of aryl methyl sites for hydroxylation is 1. The van der Waals surface area contributed by atoms with Crippen molar-refractivity contribution in [3.05, 3.63) is 71.6 Å². The number of urea groups is 1. The molecule has 0 spiro atoms. The van der Waals surface area contributed by atoms with Crippen LogP contribution in [0.1, 0.15) is 36.2 Å². The summed E-state index contributed by atoms with van der Waals surface area (Å²) in [4.78, 5) is 18.6. The van der Waals surface area contributed by atoms with Gasteiger partial charge < -0.3 is 19.5 Å². The van der Waals surface area contributed by atoms with Gasteiger partial charge in [-0.25, -0.2) is 9.18 Å². The van der Waals surface area contributed by atoms with E-state index >= 15 is 0 Å². The van der Waals surface area contributed by atoms with E-state index in [1.54, 1.807) is 17.0 Å². The number of hydrogen-bond acceptors (Lipinski definition) is 5. The SMILES string of the molecule is Cc1ccc(OCc2nc(C3CCCN3C(=O)Nc3ccccc3F)no2)cc1. The lowest BCUT2D eigenvalue weighted by atomic mass is 10.2. The molecule has 2 amide bonds. The fourth-order valence-corrected chi connectivity index (χ4v) is 3.27. The van der Waals surface area contributed by atoms with Crippen molar-refractivity contribution >= 4 is 11.7 Å². The monoisotopic (exact) mass is 396 g/mol. The molecule has 1 unspecified atom stereocenters. The van der Waals surface area contributed by atoms with Gasteiger partial charge in [-0.2, -0.15) is 4.98 Å². The summed E-state index contributed by atoms with van der Waals surface area (Å²) >= 11 is 0. The van der Waals surface area contributed by atoms with Crippen LogP contribution in [-0.2, 0) is 6.61 Å². The van der Waals surface area contributed by atoms with Crippen molar-refractivity contribution in [3.8, 4) is 5.75 Å². The molecule has 8 heteroatoms. The molecule has 3 aromatic rings. The molecule has 1 aromatic heterocycles. The van der Waals surface area contributed by atoms with E-state index in [1.807, 2.05) is 31.2 Å². The Kier molecular flexibility index (Phi) is 5.41. The number of nitrogens with one attached hydrogen (secondary N) is 1. The van der Waals surface area contributed by atoms with Crippen molar-refractivity contribution in [2.24, 2.45) is 0 Å². The quantitative estimate of drug-likeness (QED) is 0.688. The van der Waals surface area contributed by atoms with E-state index in [2.05, 4.69) is 15.5 Å². The number of aromatic nitrogens is 2. The third-order valence-corrected chi connectivity index (χ3v) is 4.79. The van der Waals surface area contributed by atoms with Crippen LogP contribution in [0.2, 0.25) is 0 Å². The lowest BCUT2D eigenvalue weighted by Gasteiger charge is -2.22. The first kappa shape index (κ1) is 18.9. The topological polar surface area (TPSA) is 80.5 Å². The molecule has 1 aliphatic rings. The van der Waals surface area contributed by atoms with Crippen LogP contribution in [0.15, 0.2) is 53.1 Å². The third kappa shape index (κ3) is 4.37. The van der Waals surface area contributed by atoms with Gasteiger partial charge in [0.25, 0.3) is 5.89 Å². The molecule has 1 fully saturated rings. The molecule has 29 heavy (non-hydrogen) atoms. The van der Waals surface area contributed by atoms with E-state index in [0.717, 1.165) is 12.0 Å². The average molecular weight is 396 g/mol. The molecule has 0 saturated carbocycles. The van der Waals surface area contributed by atoms with Crippen LogP contribution in [-0.4, -0.2) is 27.6 Å². The normalized spacial score (nSPS) is 16.1. The second kappa shape index (κ2) is 8.30. The van der Waals surface area contributed by atoms with E-state index in [1.165, 1.54) is 12.1 Å². The van der Waals surface area contributed by atoms with Gasteiger partial charge in [-0.05, 0) is 44.0 Å². The van der Waals surface area contributed by atoms with Crippen LogP contribution in [0.3, 0.4) is 0 Å². The van der Waals surface area contributed by atoms with Crippen molar-refractivity contribution in [2.45, 2.75) is 32.4 Å². The van der Waals surface area contributed by atoms with E-state index in [9.17, 15) is 9.18 Å². The van der Waals surface area contributed by atoms with E-state index in [-0.39, 0.29) is 24.4 Å². The second-order valence-electron chi connectivity index (χ2n) is 6.91. The van der Waals surface area contributed by atoms with Crippen molar-refractivity contribution in [1.82, 2.24) is 15.0 Å². The Morgan fingerprint density at radius 1 is 1.28 bits per heavy atom.